The summed E-state index contributed by atoms with van der Waals surface area (Å²) in [6, 6.07) is 0. The van der Waals surface area contributed by atoms with Crippen molar-refractivity contribution in [1.29, 1.82) is 0 Å². The Balaban J connectivity index is 2.60. The zero-order valence-electron chi connectivity index (χ0n) is 18.0. The van der Waals surface area contributed by atoms with Gasteiger partial charge in [0.15, 0.2) is 0 Å². The van der Waals surface area contributed by atoms with E-state index in [-0.39, 0.29) is 11.3 Å². The average molecular weight is 372 g/mol. The van der Waals surface area contributed by atoms with E-state index in [1.54, 1.807) is 6.08 Å². The molecule has 0 saturated heterocycles. The number of carbonyl (C=O) groups is 1. The van der Waals surface area contributed by atoms with Crippen LogP contribution in [-0.4, -0.2) is 25.7 Å². The number of hydrogen-bond acceptors (Lipinski definition) is 2. The number of carbonyl (C=O) groups excluding carboxylic acids is 1. The van der Waals surface area contributed by atoms with E-state index in [0.717, 1.165) is 5.57 Å². The van der Waals surface area contributed by atoms with Gasteiger partial charge in [0, 0.05) is 19.2 Å². The zero-order chi connectivity index (χ0) is 20.3. The van der Waals surface area contributed by atoms with Crippen LogP contribution in [0.25, 0.3) is 0 Å². The normalized spacial score (nSPS) is 18.6. The molecule has 0 aromatic carbocycles. The lowest BCUT2D eigenvalue weighted by molar-refractivity contribution is -0.116. The molecular weight excluding hydrogens is 334 g/mol. The smallest absolute Gasteiger partial charge is 0.244 e. The summed E-state index contributed by atoms with van der Waals surface area (Å²) in [5.41, 5.74) is 5.38. The van der Waals surface area contributed by atoms with E-state index in [9.17, 15) is 4.79 Å². The monoisotopic (exact) mass is 371 g/mol. The van der Waals surface area contributed by atoms with Crippen molar-refractivity contribution >= 4 is 5.91 Å². The van der Waals surface area contributed by atoms with Gasteiger partial charge in [0.25, 0.3) is 0 Å². The summed E-state index contributed by atoms with van der Waals surface area (Å²) in [5.74, 6) is -0.0839. The molecule has 3 nitrogen and oxygen atoms in total. The van der Waals surface area contributed by atoms with Gasteiger partial charge in [-0.3, -0.25) is 4.79 Å². The second-order valence-electron chi connectivity index (χ2n) is 7.91. The SMILES string of the molecule is CCOCCNC(=O)/C=C(C)/C=C/C=C(C)/C=C/C1=C(C)CCCC1(C)C. The molecule has 0 aliphatic heterocycles. The van der Waals surface area contributed by atoms with Crippen molar-refractivity contribution in [3.8, 4) is 0 Å². The van der Waals surface area contributed by atoms with Crippen LogP contribution < -0.4 is 5.32 Å². The first kappa shape index (κ1) is 23.2. The Morgan fingerprint density at radius 2 is 1.96 bits per heavy atom. The molecule has 27 heavy (non-hydrogen) atoms. The van der Waals surface area contributed by atoms with E-state index in [0.29, 0.717) is 19.8 Å². The number of ether oxygens (including phenoxy) is 1. The Morgan fingerprint density at radius 3 is 2.63 bits per heavy atom. The minimum absolute atomic E-state index is 0.0839. The fourth-order valence-electron chi connectivity index (χ4n) is 3.33. The van der Waals surface area contributed by atoms with E-state index in [1.165, 1.54) is 36.0 Å². The van der Waals surface area contributed by atoms with Gasteiger partial charge < -0.3 is 10.1 Å². The molecule has 3 heteroatoms. The second kappa shape index (κ2) is 11.8. The largest absolute Gasteiger partial charge is 0.380 e. The number of rotatable bonds is 9. The van der Waals surface area contributed by atoms with Gasteiger partial charge >= 0.3 is 0 Å². The predicted molar refractivity (Wildman–Crippen MR) is 116 cm³/mol. The quantitative estimate of drug-likeness (QED) is 0.322. The summed E-state index contributed by atoms with van der Waals surface area (Å²) in [6.07, 6.45) is 15.9. The topological polar surface area (TPSA) is 38.3 Å². The second-order valence-corrected chi connectivity index (χ2v) is 7.91. The molecule has 0 bridgehead atoms. The van der Waals surface area contributed by atoms with Crippen LogP contribution >= 0.6 is 0 Å². The lowest BCUT2D eigenvalue weighted by atomic mass is 9.72. The molecule has 0 heterocycles. The molecule has 0 atom stereocenters. The predicted octanol–water partition coefficient (Wildman–Crippen LogP) is 5.67. The van der Waals surface area contributed by atoms with Crippen molar-refractivity contribution in [3.63, 3.8) is 0 Å². The Hall–Kier alpha value is -1.87. The van der Waals surface area contributed by atoms with Gasteiger partial charge in [-0.25, -0.2) is 0 Å². The van der Waals surface area contributed by atoms with Crippen LogP contribution in [0, 0.1) is 5.41 Å². The molecule has 150 valence electrons. The Bertz CT molecular complexity index is 645. The third-order valence-corrected chi connectivity index (χ3v) is 4.88. The Labute approximate surface area is 166 Å². The average Bonchev–Trinajstić information content (AvgIpc) is 2.57. The molecule has 1 N–H and O–H groups in total. The molecule has 0 saturated carbocycles. The van der Waals surface area contributed by atoms with Crippen LogP contribution in [-0.2, 0) is 9.53 Å². The van der Waals surface area contributed by atoms with Gasteiger partial charge in [-0.05, 0) is 63.5 Å². The van der Waals surface area contributed by atoms with Crippen LogP contribution in [0.4, 0.5) is 0 Å². The fraction of sp³-hybridized carbons (Fsp3) is 0.542. The third kappa shape index (κ3) is 9.05. The summed E-state index contributed by atoms with van der Waals surface area (Å²) in [6.45, 7) is 14.7. The standard InChI is InChI=1S/C24H37NO2/c1-7-27-17-16-25-23(26)18-20(3)11-8-10-19(2)13-14-22-21(4)12-9-15-24(22,5)6/h8,10-11,13-14,18H,7,9,12,15-17H2,1-6H3,(H,25,26)/b11-8+,14-13+,19-10+,20-18+. The first-order chi connectivity index (χ1) is 12.8. The molecule has 1 amide bonds. The number of nitrogens with one attached hydrogen (secondary N) is 1. The van der Waals surface area contributed by atoms with Crippen molar-refractivity contribution < 1.29 is 9.53 Å². The molecular formula is C24H37NO2. The van der Waals surface area contributed by atoms with E-state index in [4.69, 9.17) is 4.74 Å². The lowest BCUT2D eigenvalue weighted by Gasteiger charge is -2.32. The van der Waals surface area contributed by atoms with Gasteiger partial charge in [-0.1, -0.05) is 55.4 Å². The molecule has 0 aromatic rings. The van der Waals surface area contributed by atoms with Crippen molar-refractivity contribution in [2.24, 2.45) is 5.41 Å². The van der Waals surface area contributed by atoms with Gasteiger partial charge in [0.05, 0.1) is 6.61 Å². The molecule has 1 rings (SSSR count). The molecule has 0 unspecified atom stereocenters. The summed E-state index contributed by atoms with van der Waals surface area (Å²) >= 11 is 0. The van der Waals surface area contributed by atoms with Gasteiger partial charge in [-0.15, -0.1) is 0 Å². The van der Waals surface area contributed by atoms with Crippen molar-refractivity contribution in [1.82, 2.24) is 5.32 Å². The molecule has 0 fully saturated rings. The van der Waals surface area contributed by atoms with Crippen LogP contribution in [0.2, 0.25) is 0 Å². The van der Waals surface area contributed by atoms with Crippen LogP contribution in [0.15, 0.2) is 58.7 Å². The lowest BCUT2D eigenvalue weighted by Crippen LogP contribution is -2.25. The Morgan fingerprint density at radius 1 is 1.22 bits per heavy atom. The maximum absolute atomic E-state index is 11.8. The zero-order valence-corrected chi connectivity index (χ0v) is 18.0. The summed E-state index contributed by atoms with van der Waals surface area (Å²) in [5, 5.41) is 2.81. The van der Waals surface area contributed by atoms with Gasteiger partial charge in [0.2, 0.25) is 5.91 Å². The number of amides is 1. The molecule has 1 aliphatic rings. The fourth-order valence-corrected chi connectivity index (χ4v) is 3.33. The maximum atomic E-state index is 11.8. The number of hydrogen-bond donors (Lipinski definition) is 1. The van der Waals surface area contributed by atoms with Gasteiger partial charge in [-0.2, -0.15) is 0 Å². The highest BCUT2D eigenvalue weighted by Crippen LogP contribution is 2.40. The van der Waals surface area contributed by atoms with E-state index in [1.807, 2.05) is 26.0 Å². The minimum Gasteiger partial charge on any atom is -0.380 e. The van der Waals surface area contributed by atoms with Crippen LogP contribution in [0.1, 0.15) is 60.8 Å². The molecule has 0 radical (unpaired) electrons. The number of allylic oxidation sites excluding steroid dienone is 9. The van der Waals surface area contributed by atoms with Crippen LogP contribution in [0.3, 0.4) is 0 Å². The van der Waals surface area contributed by atoms with E-state index >= 15 is 0 Å². The molecule has 1 aliphatic carbocycles. The summed E-state index contributed by atoms with van der Waals surface area (Å²) in [4.78, 5) is 11.8. The van der Waals surface area contributed by atoms with E-state index < -0.39 is 0 Å². The summed E-state index contributed by atoms with van der Waals surface area (Å²) in [7, 11) is 0. The maximum Gasteiger partial charge on any atom is 0.244 e. The minimum atomic E-state index is -0.0839. The first-order valence-electron chi connectivity index (χ1n) is 10.0. The molecule has 0 aromatic heterocycles. The highest BCUT2D eigenvalue weighted by Gasteiger charge is 2.26. The molecule has 0 spiro atoms. The highest BCUT2D eigenvalue weighted by atomic mass is 16.5. The highest BCUT2D eigenvalue weighted by molar-refractivity contribution is 5.88. The first-order valence-corrected chi connectivity index (χ1v) is 10.0. The van der Waals surface area contributed by atoms with Crippen molar-refractivity contribution in [2.75, 3.05) is 19.8 Å². The van der Waals surface area contributed by atoms with E-state index in [2.05, 4.69) is 51.2 Å². The van der Waals surface area contributed by atoms with Crippen molar-refractivity contribution in [3.05, 3.63) is 58.7 Å². The Kier molecular flexibility index (Phi) is 10.1. The van der Waals surface area contributed by atoms with Crippen LogP contribution in [0.5, 0.6) is 0 Å². The summed E-state index contributed by atoms with van der Waals surface area (Å²) < 4.78 is 5.20. The van der Waals surface area contributed by atoms with Crippen molar-refractivity contribution in [2.45, 2.75) is 60.8 Å². The van der Waals surface area contributed by atoms with Gasteiger partial charge in [0.1, 0.15) is 0 Å². The third-order valence-electron chi connectivity index (χ3n) is 4.88.